The summed E-state index contributed by atoms with van der Waals surface area (Å²) in [6.45, 7) is 7.19. The summed E-state index contributed by atoms with van der Waals surface area (Å²) in [5.41, 5.74) is 4.48. The monoisotopic (exact) mass is 448 g/mol. The lowest BCUT2D eigenvalue weighted by Crippen LogP contribution is -2.40. The molecule has 0 saturated heterocycles. The average Bonchev–Trinajstić information content (AvgIpc) is 2.78. The van der Waals surface area contributed by atoms with Gasteiger partial charge in [-0.1, -0.05) is 44.5 Å². The van der Waals surface area contributed by atoms with Gasteiger partial charge in [0.2, 0.25) is 0 Å². The third kappa shape index (κ3) is 6.38. The minimum atomic E-state index is 0.01000. The molecular weight excluding hydrogens is 408 g/mol. The number of amides is 1. The summed E-state index contributed by atoms with van der Waals surface area (Å²) in [5, 5.41) is 3.17. The van der Waals surface area contributed by atoms with Crippen LogP contribution in [0.2, 0.25) is 0 Å². The van der Waals surface area contributed by atoms with Gasteiger partial charge in [-0.2, -0.15) is 0 Å². The molecule has 4 rings (SSSR count). The van der Waals surface area contributed by atoms with Crippen molar-refractivity contribution in [2.75, 3.05) is 13.2 Å². The largest absolute Gasteiger partial charge is 0.493 e. The van der Waals surface area contributed by atoms with Crippen molar-refractivity contribution in [2.45, 2.75) is 90.3 Å². The van der Waals surface area contributed by atoms with E-state index in [1.54, 1.807) is 0 Å². The fraction of sp³-hybridized carbons (Fsp3) is 0.552. The van der Waals surface area contributed by atoms with E-state index in [-0.39, 0.29) is 11.9 Å². The predicted octanol–water partition coefficient (Wildman–Crippen LogP) is 6.11. The maximum Gasteiger partial charge on any atom is 0.251 e. The topological polar surface area (TPSA) is 41.6 Å². The summed E-state index contributed by atoms with van der Waals surface area (Å²) in [7, 11) is 0. The van der Waals surface area contributed by atoms with Crippen LogP contribution in [0.5, 0.6) is 5.75 Å². The number of fused-ring (bicyclic) bond motifs is 3. The summed E-state index contributed by atoms with van der Waals surface area (Å²) in [4.78, 5) is 15.6. The second-order valence-corrected chi connectivity index (χ2v) is 9.77. The number of hydrogen-bond donors (Lipinski definition) is 1. The van der Waals surface area contributed by atoms with Crippen LogP contribution in [0.4, 0.5) is 0 Å². The van der Waals surface area contributed by atoms with Crippen LogP contribution in [0.3, 0.4) is 0 Å². The fourth-order valence-electron chi connectivity index (χ4n) is 4.97. The van der Waals surface area contributed by atoms with E-state index in [9.17, 15) is 4.79 Å². The smallest absolute Gasteiger partial charge is 0.251 e. The number of nitrogens with zero attached hydrogens (tertiary/aromatic N) is 1. The van der Waals surface area contributed by atoms with Gasteiger partial charge >= 0.3 is 0 Å². The first-order valence-corrected chi connectivity index (χ1v) is 13.0. The van der Waals surface area contributed by atoms with Crippen LogP contribution in [0.1, 0.15) is 92.3 Å². The van der Waals surface area contributed by atoms with Crippen molar-refractivity contribution in [3.8, 4) is 5.75 Å². The number of ether oxygens (including phenoxy) is 1. The molecule has 0 unspecified atom stereocenters. The maximum absolute atomic E-state index is 12.9. The van der Waals surface area contributed by atoms with Crippen LogP contribution < -0.4 is 10.1 Å². The lowest BCUT2D eigenvalue weighted by molar-refractivity contribution is 0.0934. The molecular formula is C29H40N2O2. The van der Waals surface area contributed by atoms with E-state index in [0.29, 0.717) is 0 Å². The number of carbonyl (C=O) groups is 1. The Morgan fingerprint density at radius 3 is 2.61 bits per heavy atom. The zero-order valence-electron chi connectivity index (χ0n) is 20.4. The van der Waals surface area contributed by atoms with E-state index in [0.717, 1.165) is 61.8 Å². The highest BCUT2D eigenvalue weighted by molar-refractivity contribution is 5.94. The lowest BCUT2D eigenvalue weighted by atomic mass is 9.90. The van der Waals surface area contributed by atoms with Crippen LogP contribution in [0.15, 0.2) is 42.5 Å². The highest BCUT2D eigenvalue weighted by atomic mass is 16.5. The van der Waals surface area contributed by atoms with Gasteiger partial charge < -0.3 is 10.1 Å². The molecule has 33 heavy (non-hydrogen) atoms. The van der Waals surface area contributed by atoms with Gasteiger partial charge in [0.1, 0.15) is 5.75 Å². The molecule has 2 aliphatic rings. The summed E-state index contributed by atoms with van der Waals surface area (Å²) in [5.74, 6) is 0.920. The zero-order valence-corrected chi connectivity index (χ0v) is 20.4. The minimum absolute atomic E-state index is 0.01000. The van der Waals surface area contributed by atoms with Gasteiger partial charge in [0.05, 0.1) is 6.61 Å². The standard InChI is InChI=1S/C29H40N2O2/c1-3-26(4-2)30-29(32)24-14-15-28-25(20-24)19-22-10-8-11-23(18-22)21-31(27-12-9-13-27)16-6-5-7-17-33-28/h8,10-11,14-15,18,20,26-27H,3-7,9,12-13,16-17,19,21H2,1-2H3,(H,30,32). The Labute approximate surface area is 199 Å². The van der Waals surface area contributed by atoms with Crippen molar-refractivity contribution in [3.05, 3.63) is 64.7 Å². The Kier molecular flexibility index (Phi) is 8.44. The average molecular weight is 449 g/mol. The lowest BCUT2D eigenvalue weighted by Gasteiger charge is -2.38. The highest BCUT2D eigenvalue weighted by Crippen LogP contribution is 2.28. The van der Waals surface area contributed by atoms with Crippen molar-refractivity contribution in [3.63, 3.8) is 0 Å². The molecule has 4 heteroatoms. The van der Waals surface area contributed by atoms with E-state index in [1.807, 2.05) is 18.2 Å². The molecule has 2 aromatic carbocycles. The molecule has 0 spiro atoms. The number of hydrogen-bond acceptors (Lipinski definition) is 3. The number of carbonyl (C=O) groups excluding carboxylic acids is 1. The first-order valence-electron chi connectivity index (χ1n) is 13.0. The van der Waals surface area contributed by atoms with Crippen molar-refractivity contribution in [1.29, 1.82) is 0 Å². The number of rotatable bonds is 5. The van der Waals surface area contributed by atoms with E-state index in [1.165, 1.54) is 49.8 Å². The molecule has 0 radical (unpaired) electrons. The van der Waals surface area contributed by atoms with E-state index < -0.39 is 0 Å². The van der Waals surface area contributed by atoms with Gasteiger partial charge in [-0.25, -0.2) is 0 Å². The van der Waals surface area contributed by atoms with Crippen LogP contribution >= 0.6 is 0 Å². The third-order valence-corrected chi connectivity index (χ3v) is 7.35. The van der Waals surface area contributed by atoms with Gasteiger partial charge in [-0.05, 0) is 86.4 Å². The van der Waals surface area contributed by atoms with Crippen LogP contribution in [0, 0.1) is 0 Å². The Hall–Kier alpha value is -2.33. The quantitative estimate of drug-likeness (QED) is 0.600. The number of benzene rings is 2. The summed E-state index contributed by atoms with van der Waals surface area (Å²) < 4.78 is 6.22. The summed E-state index contributed by atoms with van der Waals surface area (Å²) in [6, 6.07) is 15.9. The molecule has 1 aliphatic heterocycles. The first-order chi connectivity index (χ1) is 16.2. The molecule has 2 aromatic rings. The molecule has 1 fully saturated rings. The molecule has 0 aromatic heterocycles. The molecule has 1 saturated carbocycles. The van der Waals surface area contributed by atoms with E-state index in [2.05, 4.69) is 48.3 Å². The maximum atomic E-state index is 12.9. The normalized spacial score (nSPS) is 18.0. The molecule has 1 aliphatic carbocycles. The van der Waals surface area contributed by atoms with Crippen LogP contribution in [-0.4, -0.2) is 36.0 Å². The Morgan fingerprint density at radius 2 is 1.85 bits per heavy atom. The van der Waals surface area contributed by atoms with Gasteiger partial charge in [0.15, 0.2) is 0 Å². The van der Waals surface area contributed by atoms with Crippen LogP contribution in [0.25, 0.3) is 0 Å². The molecule has 4 nitrogen and oxygen atoms in total. The molecule has 1 N–H and O–H groups in total. The summed E-state index contributed by atoms with van der Waals surface area (Å²) >= 11 is 0. The second-order valence-electron chi connectivity index (χ2n) is 9.77. The van der Waals surface area contributed by atoms with Gasteiger partial charge in [-0.3, -0.25) is 9.69 Å². The predicted molar refractivity (Wildman–Crippen MR) is 135 cm³/mol. The van der Waals surface area contributed by atoms with Crippen LogP contribution in [-0.2, 0) is 13.0 Å². The van der Waals surface area contributed by atoms with Crippen molar-refractivity contribution >= 4 is 5.91 Å². The van der Waals surface area contributed by atoms with Crippen molar-refractivity contribution in [1.82, 2.24) is 10.2 Å². The SMILES string of the molecule is CCC(CC)NC(=O)c1ccc2c(c1)Cc1cccc(c1)CN(C1CCC1)CCCCCO2. The molecule has 2 bridgehead atoms. The van der Waals surface area contributed by atoms with E-state index >= 15 is 0 Å². The molecule has 178 valence electrons. The van der Waals surface area contributed by atoms with E-state index in [4.69, 9.17) is 4.74 Å². The fourth-order valence-corrected chi connectivity index (χ4v) is 4.97. The zero-order chi connectivity index (χ0) is 23.0. The first kappa shape index (κ1) is 23.8. The molecule has 0 atom stereocenters. The second kappa shape index (κ2) is 11.7. The molecule has 1 amide bonds. The number of nitrogens with one attached hydrogen (secondary N) is 1. The Balaban J connectivity index is 1.58. The molecule has 1 heterocycles. The third-order valence-electron chi connectivity index (χ3n) is 7.35. The Bertz CT molecular complexity index is 918. The Morgan fingerprint density at radius 1 is 1.03 bits per heavy atom. The summed E-state index contributed by atoms with van der Waals surface area (Å²) in [6.07, 6.45) is 10.2. The van der Waals surface area contributed by atoms with Crippen molar-refractivity contribution in [2.24, 2.45) is 0 Å². The van der Waals surface area contributed by atoms with Gasteiger partial charge in [-0.15, -0.1) is 0 Å². The highest BCUT2D eigenvalue weighted by Gasteiger charge is 2.24. The minimum Gasteiger partial charge on any atom is -0.493 e. The van der Waals surface area contributed by atoms with Gasteiger partial charge in [0.25, 0.3) is 5.91 Å². The van der Waals surface area contributed by atoms with Gasteiger partial charge in [0, 0.05) is 30.6 Å². The van der Waals surface area contributed by atoms with Crippen molar-refractivity contribution < 1.29 is 9.53 Å².